The molecule has 7 heteroatoms. The molecule has 1 N–H and O–H groups in total. The van der Waals surface area contributed by atoms with Crippen LogP contribution in [0.5, 0.6) is 11.5 Å². The zero-order valence-electron chi connectivity index (χ0n) is 17.2. The van der Waals surface area contributed by atoms with Gasteiger partial charge in [0.25, 0.3) is 5.91 Å². The Kier molecular flexibility index (Phi) is 7.95. The number of nitrogens with zero attached hydrogens (tertiary/aromatic N) is 1. The molecule has 0 radical (unpaired) electrons. The van der Waals surface area contributed by atoms with Gasteiger partial charge in [0, 0.05) is 20.2 Å². The molecule has 0 saturated carbocycles. The number of hydrogen-bond donors (Lipinski definition) is 1. The van der Waals surface area contributed by atoms with Crippen molar-refractivity contribution in [3.8, 4) is 11.5 Å². The van der Waals surface area contributed by atoms with E-state index in [2.05, 4.69) is 10.2 Å². The average Bonchev–Trinajstić information content (AvgIpc) is 3.18. The first kappa shape index (κ1) is 21.2. The van der Waals surface area contributed by atoms with Crippen molar-refractivity contribution in [1.29, 1.82) is 0 Å². The summed E-state index contributed by atoms with van der Waals surface area (Å²) in [5, 5.41) is 2.99. The van der Waals surface area contributed by atoms with Crippen LogP contribution in [0.4, 0.5) is 0 Å². The molecule has 0 spiro atoms. The van der Waals surface area contributed by atoms with Gasteiger partial charge in [0.1, 0.15) is 18.1 Å². The van der Waals surface area contributed by atoms with Gasteiger partial charge in [0.2, 0.25) is 0 Å². The molecule has 1 unspecified atom stereocenters. The lowest BCUT2D eigenvalue weighted by Crippen LogP contribution is -2.41. The van der Waals surface area contributed by atoms with Crippen molar-refractivity contribution in [2.24, 2.45) is 5.92 Å². The average molecular weight is 402 g/mol. The third kappa shape index (κ3) is 6.51. The molecule has 29 heavy (non-hydrogen) atoms. The molecule has 3 rings (SSSR count). The number of ether oxygens (including phenoxy) is 3. The molecule has 1 amide bonds. The normalized spacial score (nSPS) is 17.1. The summed E-state index contributed by atoms with van der Waals surface area (Å²) in [6.07, 6.45) is 2.22. The van der Waals surface area contributed by atoms with E-state index in [9.17, 15) is 4.79 Å². The molecular formula is C22H30N2O5. The fourth-order valence-corrected chi connectivity index (χ4v) is 3.60. The predicted octanol–water partition coefficient (Wildman–Crippen LogP) is 2.84. The van der Waals surface area contributed by atoms with Gasteiger partial charge in [-0.2, -0.15) is 0 Å². The first-order chi connectivity index (χ1) is 14.2. The molecule has 1 aromatic heterocycles. The molecule has 1 aliphatic heterocycles. The van der Waals surface area contributed by atoms with Crippen LogP contribution in [-0.4, -0.2) is 51.3 Å². The quantitative estimate of drug-likeness (QED) is 0.659. The lowest BCUT2D eigenvalue weighted by atomic mass is 9.98. The fourth-order valence-electron chi connectivity index (χ4n) is 3.60. The van der Waals surface area contributed by atoms with Gasteiger partial charge in [-0.05, 0) is 49.6 Å². The maximum atomic E-state index is 12.2. The number of para-hydroxylation sites is 2. The number of piperidine rings is 1. The molecule has 1 atom stereocenters. The highest BCUT2D eigenvalue weighted by Crippen LogP contribution is 2.25. The van der Waals surface area contributed by atoms with Crippen molar-refractivity contribution >= 4 is 5.91 Å². The Bertz CT molecular complexity index is 776. The predicted molar refractivity (Wildman–Crippen MR) is 109 cm³/mol. The second-order valence-corrected chi connectivity index (χ2v) is 7.29. The summed E-state index contributed by atoms with van der Waals surface area (Å²) in [7, 11) is 3.24. The zero-order valence-corrected chi connectivity index (χ0v) is 17.2. The van der Waals surface area contributed by atoms with Crippen LogP contribution >= 0.6 is 0 Å². The van der Waals surface area contributed by atoms with Crippen molar-refractivity contribution < 1.29 is 23.4 Å². The number of carbonyl (C=O) groups excluding carboxylic acids is 1. The van der Waals surface area contributed by atoms with Gasteiger partial charge in [-0.15, -0.1) is 0 Å². The summed E-state index contributed by atoms with van der Waals surface area (Å²) in [4.78, 5) is 14.6. The molecule has 7 nitrogen and oxygen atoms in total. The molecule has 1 aliphatic rings. The first-order valence-corrected chi connectivity index (χ1v) is 9.99. The number of furan rings is 1. The molecule has 1 fully saturated rings. The second-order valence-electron chi connectivity index (χ2n) is 7.29. The van der Waals surface area contributed by atoms with E-state index in [0.717, 1.165) is 44.0 Å². The van der Waals surface area contributed by atoms with E-state index in [0.29, 0.717) is 30.6 Å². The van der Waals surface area contributed by atoms with Crippen LogP contribution < -0.4 is 14.8 Å². The molecule has 1 aromatic carbocycles. The maximum Gasteiger partial charge on any atom is 0.257 e. The minimum absolute atomic E-state index is 0.0223. The van der Waals surface area contributed by atoms with Gasteiger partial charge in [0.05, 0.1) is 13.7 Å². The Morgan fingerprint density at radius 1 is 1.17 bits per heavy atom. The molecule has 158 valence electrons. The lowest BCUT2D eigenvalue weighted by Gasteiger charge is -2.32. The summed E-state index contributed by atoms with van der Waals surface area (Å²) in [6.45, 7) is 3.88. The molecule has 0 bridgehead atoms. The molecule has 0 aliphatic carbocycles. The van der Waals surface area contributed by atoms with Gasteiger partial charge < -0.3 is 23.9 Å². The summed E-state index contributed by atoms with van der Waals surface area (Å²) < 4.78 is 21.7. The molecule has 2 heterocycles. The highest BCUT2D eigenvalue weighted by molar-refractivity contribution is 5.77. The number of amides is 1. The highest BCUT2D eigenvalue weighted by atomic mass is 16.5. The Balaban J connectivity index is 1.40. The Labute approximate surface area is 171 Å². The van der Waals surface area contributed by atoms with Gasteiger partial charge in [-0.25, -0.2) is 0 Å². The van der Waals surface area contributed by atoms with E-state index < -0.39 is 0 Å². The Morgan fingerprint density at radius 3 is 2.76 bits per heavy atom. The number of carbonyl (C=O) groups is 1. The van der Waals surface area contributed by atoms with Crippen LogP contribution in [0, 0.1) is 5.92 Å². The lowest BCUT2D eigenvalue weighted by molar-refractivity contribution is -0.123. The summed E-state index contributed by atoms with van der Waals surface area (Å²) in [6, 6.07) is 11.3. The van der Waals surface area contributed by atoms with Crippen LogP contribution in [0.2, 0.25) is 0 Å². The number of hydrogen-bond acceptors (Lipinski definition) is 6. The second kappa shape index (κ2) is 10.9. The van der Waals surface area contributed by atoms with Crippen molar-refractivity contribution in [3.05, 3.63) is 47.9 Å². The number of methoxy groups -OCH3 is 2. The van der Waals surface area contributed by atoms with E-state index >= 15 is 0 Å². The van der Waals surface area contributed by atoms with E-state index in [-0.39, 0.29) is 12.5 Å². The Morgan fingerprint density at radius 2 is 1.97 bits per heavy atom. The van der Waals surface area contributed by atoms with Crippen LogP contribution in [0.25, 0.3) is 0 Å². The number of rotatable bonds is 10. The molecular weight excluding hydrogens is 372 g/mol. The van der Waals surface area contributed by atoms with Crippen molar-refractivity contribution in [1.82, 2.24) is 10.2 Å². The minimum atomic E-state index is -0.122. The molecule has 1 saturated heterocycles. The van der Waals surface area contributed by atoms with Crippen LogP contribution in [-0.2, 0) is 22.7 Å². The van der Waals surface area contributed by atoms with Gasteiger partial charge >= 0.3 is 0 Å². The van der Waals surface area contributed by atoms with Crippen LogP contribution in [0.3, 0.4) is 0 Å². The topological polar surface area (TPSA) is 73.2 Å². The SMILES string of the molecule is COCc1ccc(CN2CCCC(CNC(=O)COc3ccccc3OC)C2)o1. The smallest absolute Gasteiger partial charge is 0.257 e. The summed E-state index contributed by atoms with van der Waals surface area (Å²) in [5.41, 5.74) is 0. The van der Waals surface area contributed by atoms with Gasteiger partial charge in [-0.3, -0.25) is 9.69 Å². The van der Waals surface area contributed by atoms with Crippen molar-refractivity contribution in [2.75, 3.05) is 40.5 Å². The summed E-state index contributed by atoms with van der Waals surface area (Å²) in [5.74, 6) is 3.29. The maximum absolute atomic E-state index is 12.2. The van der Waals surface area contributed by atoms with Crippen molar-refractivity contribution in [3.63, 3.8) is 0 Å². The number of nitrogens with one attached hydrogen (secondary N) is 1. The largest absolute Gasteiger partial charge is 0.493 e. The highest BCUT2D eigenvalue weighted by Gasteiger charge is 2.21. The van der Waals surface area contributed by atoms with E-state index in [1.165, 1.54) is 0 Å². The summed E-state index contributed by atoms with van der Waals surface area (Å²) >= 11 is 0. The van der Waals surface area contributed by atoms with E-state index in [1.54, 1.807) is 26.4 Å². The number of benzene rings is 1. The van der Waals surface area contributed by atoms with Crippen LogP contribution in [0.15, 0.2) is 40.8 Å². The monoisotopic (exact) mass is 402 g/mol. The zero-order chi connectivity index (χ0) is 20.5. The fraction of sp³-hybridized carbons (Fsp3) is 0.500. The van der Waals surface area contributed by atoms with Crippen molar-refractivity contribution in [2.45, 2.75) is 26.0 Å². The number of likely N-dealkylation sites (tertiary alicyclic amines) is 1. The third-order valence-corrected chi connectivity index (χ3v) is 5.00. The van der Waals surface area contributed by atoms with Crippen LogP contribution in [0.1, 0.15) is 24.4 Å². The van der Waals surface area contributed by atoms with Gasteiger partial charge in [-0.1, -0.05) is 12.1 Å². The van der Waals surface area contributed by atoms with E-state index in [4.69, 9.17) is 18.6 Å². The van der Waals surface area contributed by atoms with Gasteiger partial charge in [0.15, 0.2) is 18.1 Å². The Hall–Kier alpha value is -2.51. The van der Waals surface area contributed by atoms with E-state index in [1.807, 2.05) is 24.3 Å². The third-order valence-electron chi connectivity index (χ3n) is 5.00. The minimum Gasteiger partial charge on any atom is -0.493 e. The molecule has 2 aromatic rings. The first-order valence-electron chi connectivity index (χ1n) is 9.99. The standard InChI is InChI=1S/C22H30N2O5/c1-26-15-19-10-9-18(29-19)14-24-11-5-6-17(13-24)12-23-22(25)16-28-21-8-4-3-7-20(21)27-2/h3-4,7-10,17H,5-6,11-16H2,1-2H3,(H,23,25).